The number of ether oxygens (including phenoxy) is 1. The summed E-state index contributed by atoms with van der Waals surface area (Å²) in [7, 11) is 0. The fraction of sp³-hybridized carbons (Fsp3) is 0.950. The molecule has 0 saturated heterocycles. The van der Waals surface area contributed by atoms with Crippen LogP contribution in [-0.2, 0) is 9.53 Å². The van der Waals surface area contributed by atoms with Gasteiger partial charge in [-0.3, -0.25) is 0 Å². The molecule has 0 spiro atoms. The van der Waals surface area contributed by atoms with Crippen molar-refractivity contribution in [3.8, 4) is 0 Å². The summed E-state index contributed by atoms with van der Waals surface area (Å²) in [5.41, 5.74) is -0.684. The fourth-order valence-corrected chi connectivity index (χ4v) is 13.1. The SMILES string of the molecule is O=C(OC1(C2C3C4C5C6C4C2C6C53)C2C3C4C5C3C1C5C42)C(F)(F)F. The molecule has 0 aromatic carbocycles. The van der Waals surface area contributed by atoms with Crippen LogP contribution in [-0.4, -0.2) is 17.7 Å². The molecule has 0 aromatic rings. The number of esters is 1. The summed E-state index contributed by atoms with van der Waals surface area (Å²) in [4.78, 5) is 12.0. The lowest BCUT2D eigenvalue weighted by atomic mass is 9.20. The number of carbonyl (C=O) groups is 1. The Kier molecular flexibility index (Phi) is 1.25. The normalized spacial score (nSPS) is 84.5. The maximum Gasteiger partial charge on any atom is 0.490 e. The number of alkyl halides is 3. The van der Waals surface area contributed by atoms with Crippen molar-refractivity contribution in [3.05, 3.63) is 0 Å². The third kappa shape index (κ3) is 0.681. The van der Waals surface area contributed by atoms with Crippen LogP contribution in [0.3, 0.4) is 0 Å². The van der Waals surface area contributed by atoms with Gasteiger partial charge < -0.3 is 4.74 Å². The van der Waals surface area contributed by atoms with Gasteiger partial charge >= 0.3 is 12.1 Å². The summed E-state index contributed by atoms with van der Waals surface area (Å²) in [6.07, 6.45) is -4.84. The van der Waals surface area contributed by atoms with Crippen molar-refractivity contribution in [1.29, 1.82) is 0 Å². The van der Waals surface area contributed by atoms with Crippen molar-refractivity contribution in [2.75, 3.05) is 0 Å². The van der Waals surface area contributed by atoms with Gasteiger partial charge in [-0.2, -0.15) is 13.2 Å². The zero-order chi connectivity index (χ0) is 16.1. The van der Waals surface area contributed by atoms with Gasteiger partial charge in [-0.25, -0.2) is 4.79 Å². The molecule has 0 aliphatic heterocycles. The van der Waals surface area contributed by atoms with Crippen molar-refractivity contribution in [2.24, 2.45) is 101 Å². The number of halogens is 3. The van der Waals surface area contributed by atoms with Gasteiger partial charge in [0, 0.05) is 17.8 Å². The van der Waals surface area contributed by atoms with Crippen LogP contribution in [0.2, 0.25) is 0 Å². The maximum absolute atomic E-state index is 13.2. The second-order valence-electron chi connectivity index (χ2n) is 11.4. The molecule has 25 heavy (non-hydrogen) atoms. The summed E-state index contributed by atoms with van der Waals surface area (Å²) < 4.78 is 45.2. The van der Waals surface area contributed by atoms with Crippen LogP contribution in [0.25, 0.3) is 0 Å². The Bertz CT molecular complexity index is 773. The minimum atomic E-state index is -4.84. The monoisotopic (exact) mass is 346 g/mol. The van der Waals surface area contributed by atoms with Gasteiger partial charge in [-0.05, 0) is 82.9 Å². The molecule has 4 bridgehead atoms. The molecule has 0 N–H and O–H groups in total. The third-order valence-electron chi connectivity index (χ3n) is 12.6. The van der Waals surface area contributed by atoms with E-state index in [0.717, 1.165) is 47.3 Å². The van der Waals surface area contributed by atoms with Crippen molar-refractivity contribution in [3.63, 3.8) is 0 Å². The number of hydrogen-bond acceptors (Lipinski definition) is 2. The Morgan fingerprint density at radius 1 is 0.600 bits per heavy atom. The molecule has 0 heterocycles. The van der Waals surface area contributed by atoms with Gasteiger partial charge in [0.25, 0.3) is 0 Å². The maximum atomic E-state index is 13.2. The lowest BCUT2D eigenvalue weighted by molar-refractivity contribution is -0.379. The number of fused-ring (bicyclic) bond motifs is 1. The highest BCUT2D eigenvalue weighted by Crippen LogP contribution is 3.03. The summed E-state index contributed by atoms with van der Waals surface area (Å²) >= 11 is 0. The quantitative estimate of drug-likeness (QED) is 0.718. The van der Waals surface area contributed by atoms with Crippen LogP contribution >= 0.6 is 0 Å². The molecule has 0 radical (unpaired) electrons. The van der Waals surface area contributed by atoms with E-state index < -0.39 is 17.7 Å². The van der Waals surface area contributed by atoms with E-state index >= 15 is 0 Å². The van der Waals surface area contributed by atoms with Crippen molar-refractivity contribution < 1.29 is 22.7 Å². The first-order valence-electron chi connectivity index (χ1n) is 10.3. The standard InChI is InChI=1S/C20H17F3O2/c21-20(22,23)18(24)25-19(16-11-7-8-13(11)17(19)14(8)12(7)16)15-9-3-1-2-5(3)10(15)6(2)4(1)9/h1-17H. The van der Waals surface area contributed by atoms with Crippen LogP contribution in [0, 0.1) is 101 Å². The number of rotatable bonds is 2. The zero-order valence-corrected chi connectivity index (χ0v) is 13.3. The molecule has 12 fully saturated rings. The summed E-state index contributed by atoms with van der Waals surface area (Å²) in [6, 6.07) is 0. The zero-order valence-electron chi connectivity index (χ0n) is 13.3. The summed E-state index contributed by atoms with van der Waals surface area (Å²) in [5, 5.41) is 0. The molecule has 12 saturated carbocycles. The minimum Gasteiger partial charge on any atom is -0.451 e. The van der Waals surface area contributed by atoms with E-state index in [0.29, 0.717) is 53.3 Å². The van der Waals surface area contributed by atoms with Crippen LogP contribution in [0.4, 0.5) is 13.2 Å². The molecule has 8 atom stereocenters. The molecular formula is C20H17F3O2. The minimum absolute atomic E-state index is 0.314. The van der Waals surface area contributed by atoms with Crippen molar-refractivity contribution >= 4 is 5.97 Å². The van der Waals surface area contributed by atoms with Gasteiger partial charge in [-0.15, -0.1) is 0 Å². The Morgan fingerprint density at radius 2 is 0.880 bits per heavy atom. The molecule has 5 heteroatoms. The fourth-order valence-electron chi connectivity index (χ4n) is 13.1. The predicted molar refractivity (Wildman–Crippen MR) is 74.2 cm³/mol. The molecule has 12 rings (SSSR count). The lowest BCUT2D eigenvalue weighted by Gasteiger charge is -2.84. The second kappa shape index (κ2) is 2.63. The second-order valence-corrected chi connectivity index (χ2v) is 11.4. The summed E-state index contributed by atoms with van der Waals surface area (Å²) in [5.74, 6) is 9.62. The molecule has 0 amide bonds. The van der Waals surface area contributed by atoms with E-state index in [1.165, 1.54) is 0 Å². The van der Waals surface area contributed by atoms with E-state index in [4.69, 9.17) is 4.74 Å². The lowest BCUT2D eigenvalue weighted by Crippen LogP contribution is -2.81. The van der Waals surface area contributed by atoms with Crippen LogP contribution in [0.5, 0.6) is 0 Å². The third-order valence-corrected chi connectivity index (χ3v) is 12.6. The summed E-state index contributed by atoms with van der Waals surface area (Å²) in [6.45, 7) is 0. The molecule has 0 aromatic heterocycles. The average molecular weight is 346 g/mol. The van der Waals surface area contributed by atoms with Gasteiger partial charge in [0.2, 0.25) is 0 Å². The van der Waals surface area contributed by atoms with Crippen molar-refractivity contribution in [2.45, 2.75) is 11.8 Å². The average Bonchev–Trinajstić information content (AvgIpc) is 2.84. The van der Waals surface area contributed by atoms with Crippen LogP contribution in [0.1, 0.15) is 0 Å². The predicted octanol–water partition coefficient (Wildman–Crippen LogP) is 2.44. The van der Waals surface area contributed by atoms with E-state index in [1.807, 2.05) is 0 Å². The molecule has 12 aliphatic carbocycles. The highest BCUT2D eigenvalue weighted by Gasteiger charge is 3.03. The van der Waals surface area contributed by atoms with E-state index in [-0.39, 0.29) is 0 Å². The Hall–Kier alpha value is -0.740. The van der Waals surface area contributed by atoms with Crippen LogP contribution in [0.15, 0.2) is 0 Å². The topological polar surface area (TPSA) is 26.3 Å². The largest absolute Gasteiger partial charge is 0.490 e. The van der Waals surface area contributed by atoms with Crippen LogP contribution < -0.4 is 0 Å². The van der Waals surface area contributed by atoms with E-state index in [1.54, 1.807) is 0 Å². The Labute approximate surface area is 141 Å². The molecule has 130 valence electrons. The molecule has 2 nitrogen and oxygen atoms in total. The molecule has 8 unspecified atom stereocenters. The van der Waals surface area contributed by atoms with Gasteiger partial charge in [0.15, 0.2) is 0 Å². The van der Waals surface area contributed by atoms with Gasteiger partial charge in [-0.1, -0.05) is 0 Å². The number of carbonyl (C=O) groups excluding carboxylic acids is 1. The van der Waals surface area contributed by atoms with E-state index in [9.17, 15) is 18.0 Å². The highest BCUT2D eigenvalue weighted by atomic mass is 19.4. The smallest absolute Gasteiger partial charge is 0.451 e. The van der Waals surface area contributed by atoms with E-state index in [2.05, 4.69) is 0 Å². The Morgan fingerprint density at radius 3 is 1.24 bits per heavy atom. The molecule has 12 aliphatic rings. The van der Waals surface area contributed by atoms with Crippen molar-refractivity contribution in [1.82, 2.24) is 0 Å². The first-order chi connectivity index (χ1) is 12.0. The first kappa shape index (κ1) is 11.9. The Balaban J connectivity index is 1.17. The number of hydrogen-bond donors (Lipinski definition) is 0. The highest BCUT2D eigenvalue weighted by molar-refractivity contribution is 5.76. The molecular weight excluding hydrogens is 329 g/mol. The van der Waals surface area contributed by atoms with Gasteiger partial charge in [0.05, 0.1) is 0 Å². The van der Waals surface area contributed by atoms with Gasteiger partial charge in [0.1, 0.15) is 5.60 Å². The first-order valence-corrected chi connectivity index (χ1v) is 10.3.